The minimum absolute atomic E-state index is 0.0309. The topological polar surface area (TPSA) is 21.6 Å². The van der Waals surface area contributed by atoms with Gasteiger partial charge in [-0.15, -0.1) is 11.6 Å². The maximum Gasteiger partial charge on any atom is 0.148 e. The smallest absolute Gasteiger partial charge is 0.148 e. The molecule has 0 N–H and O–H groups in total. The van der Waals surface area contributed by atoms with E-state index in [1.165, 1.54) is 11.1 Å². The quantitative estimate of drug-likeness (QED) is 0.757. The van der Waals surface area contributed by atoms with Gasteiger partial charge in [0.15, 0.2) is 0 Å². The Hall–Kier alpha value is -1.80. The highest BCUT2D eigenvalue weighted by molar-refractivity contribution is 6.21. The molecule has 108 valence electrons. The van der Waals surface area contributed by atoms with Crippen molar-refractivity contribution in [3.63, 3.8) is 0 Å². The van der Waals surface area contributed by atoms with Crippen molar-refractivity contribution < 1.29 is 4.84 Å². The van der Waals surface area contributed by atoms with E-state index in [2.05, 4.69) is 53.7 Å². The second kappa shape index (κ2) is 6.31. The van der Waals surface area contributed by atoms with E-state index in [4.69, 9.17) is 16.4 Å². The lowest BCUT2D eigenvalue weighted by molar-refractivity contribution is 0.0854. The van der Waals surface area contributed by atoms with Gasteiger partial charge in [0.1, 0.15) is 6.10 Å². The van der Waals surface area contributed by atoms with Crippen molar-refractivity contribution in [2.24, 2.45) is 5.16 Å². The third-order valence-corrected chi connectivity index (χ3v) is 4.11. The number of alkyl halides is 1. The summed E-state index contributed by atoms with van der Waals surface area (Å²) in [5.41, 5.74) is 3.51. The molecule has 1 heterocycles. The molecule has 0 bridgehead atoms. The summed E-state index contributed by atoms with van der Waals surface area (Å²) in [6.45, 7) is 1.95. The van der Waals surface area contributed by atoms with Crippen molar-refractivity contribution in [1.82, 2.24) is 0 Å². The number of nitrogens with zero attached hydrogens (tertiary/aromatic N) is 1. The molecule has 2 aromatic rings. The number of rotatable bonds is 4. The molecule has 1 aliphatic heterocycles. The predicted octanol–water partition coefficient (Wildman–Crippen LogP) is 4.59. The molecule has 2 unspecified atom stereocenters. The van der Waals surface area contributed by atoms with Gasteiger partial charge in [-0.2, -0.15) is 0 Å². The van der Waals surface area contributed by atoms with E-state index in [1.807, 2.05) is 19.1 Å². The zero-order valence-corrected chi connectivity index (χ0v) is 12.7. The highest BCUT2D eigenvalue weighted by Gasteiger charge is 2.31. The summed E-state index contributed by atoms with van der Waals surface area (Å²) < 4.78 is 0. The Morgan fingerprint density at radius 1 is 1.00 bits per heavy atom. The Balaban J connectivity index is 1.95. The second-order valence-electron chi connectivity index (χ2n) is 5.36. The molecule has 3 rings (SSSR count). The van der Waals surface area contributed by atoms with Crippen LogP contribution in [-0.2, 0) is 4.84 Å². The van der Waals surface area contributed by atoms with Gasteiger partial charge in [0.2, 0.25) is 0 Å². The molecule has 0 spiro atoms. The first-order chi connectivity index (χ1) is 10.3. The first-order valence-corrected chi connectivity index (χ1v) is 7.66. The lowest BCUT2D eigenvalue weighted by Gasteiger charge is -2.17. The van der Waals surface area contributed by atoms with E-state index in [1.54, 1.807) is 0 Å². The fraction of sp³-hybridized carbons (Fsp3) is 0.278. The van der Waals surface area contributed by atoms with Crippen LogP contribution in [0, 0.1) is 0 Å². The van der Waals surface area contributed by atoms with Crippen molar-refractivity contribution in [1.29, 1.82) is 0 Å². The summed E-state index contributed by atoms with van der Waals surface area (Å²) in [5, 5.41) is 4.28. The Labute approximate surface area is 130 Å². The fourth-order valence-corrected chi connectivity index (χ4v) is 2.84. The summed E-state index contributed by atoms with van der Waals surface area (Å²) in [7, 11) is 0. The van der Waals surface area contributed by atoms with Crippen LogP contribution in [0.2, 0.25) is 0 Å². The monoisotopic (exact) mass is 299 g/mol. The standard InChI is InChI=1S/C18H18ClNO/c1-13(19)17-12-16(20-21-17)18(14-8-4-2-5-9-14)15-10-6-3-7-11-15/h2-11,13,17-18H,12H2,1H3. The first kappa shape index (κ1) is 14.2. The SMILES string of the molecule is CC(Cl)C1CC(C(c2ccccc2)c2ccccc2)=NO1. The van der Waals surface area contributed by atoms with E-state index >= 15 is 0 Å². The van der Waals surface area contributed by atoms with Crippen LogP contribution in [0.3, 0.4) is 0 Å². The van der Waals surface area contributed by atoms with E-state index in [0.29, 0.717) is 0 Å². The maximum atomic E-state index is 6.15. The number of hydrogen-bond acceptors (Lipinski definition) is 2. The van der Waals surface area contributed by atoms with E-state index < -0.39 is 0 Å². The minimum atomic E-state index is -0.0431. The summed E-state index contributed by atoms with van der Waals surface area (Å²) in [6, 6.07) is 20.8. The van der Waals surface area contributed by atoms with Crippen LogP contribution in [0.25, 0.3) is 0 Å². The molecule has 0 fully saturated rings. The Bertz CT molecular complexity index is 570. The molecule has 2 atom stereocenters. The lowest BCUT2D eigenvalue weighted by Crippen LogP contribution is -2.20. The molecule has 1 aliphatic rings. The van der Waals surface area contributed by atoms with Gasteiger partial charge in [-0.1, -0.05) is 65.8 Å². The van der Waals surface area contributed by atoms with E-state index in [0.717, 1.165) is 12.1 Å². The third kappa shape index (κ3) is 3.11. The summed E-state index contributed by atoms with van der Waals surface area (Å²) >= 11 is 6.15. The summed E-state index contributed by atoms with van der Waals surface area (Å²) in [5.74, 6) is 0.132. The Morgan fingerprint density at radius 3 is 1.95 bits per heavy atom. The van der Waals surface area contributed by atoms with Crippen molar-refractivity contribution in [3.05, 3.63) is 71.8 Å². The molecular formula is C18H18ClNO. The van der Waals surface area contributed by atoms with Crippen LogP contribution in [0.15, 0.2) is 65.8 Å². The molecule has 0 aliphatic carbocycles. The number of benzene rings is 2. The fourth-order valence-electron chi connectivity index (χ4n) is 2.70. The van der Waals surface area contributed by atoms with Crippen LogP contribution in [0.1, 0.15) is 30.4 Å². The minimum Gasteiger partial charge on any atom is -0.391 e. The average molecular weight is 300 g/mol. The van der Waals surface area contributed by atoms with Gasteiger partial charge >= 0.3 is 0 Å². The highest BCUT2D eigenvalue weighted by atomic mass is 35.5. The lowest BCUT2D eigenvalue weighted by atomic mass is 9.85. The van der Waals surface area contributed by atoms with E-state index in [-0.39, 0.29) is 17.4 Å². The second-order valence-corrected chi connectivity index (χ2v) is 6.05. The molecule has 0 radical (unpaired) electrons. The van der Waals surface area contributed by atoms with Crippen LogP contribution in [-0.4, -0.2) is 17.2 Å². The largest absolute Gasteiger partial charge is 0.391 e. The van der Waals surface area contributed by atoms with Gasteiger partial charge in [-0.05, 0) is 18.1 Å². The van der Waals surface area contributed by atoms with Crippen molar-refractivity contribution in [2.45, 2.75) is 30.7 Å². The molecule has 3 heteroatoms. The molecule has 2 nitrogen and oxygen atoms in total. The molecule has 0 aromatic heterocycles. The van der Waals surface area contributed by atoms with Crippen molar-refractivity contribution in [2.75, 3.05) is 0 Å². The van der Waals surface area contributed by atoms with Crippen LogP contribution in [0.4, 0.5) is 0 Å². The van der Waals surface area contributed by atoms with Gasteiger partial charge in [0.25, 0.3) is 0 Å². The zero-order chi connectivity index (χ0) is 14.7. The number of oxime groups is 1. The summed E-state index contributed by atoms with van der Waals surface area (Å²) in [4.78, 5) is 5.51. The molecule has 2 aromatic carbocycles. The zero-order valence-electron chi connectivity index (χ0n) is 11.9. The molecule has 0 saturated heterocycles. The number of halogens is 1. The molecule has 0 amide bonds. The van der Waals surface area contributed by atoms with Crippen molar-refractivity contribution in [3.8, 4) is 0 Å². The van der Waals surface area contributed by atoms with Gasteiger partial charge < -0.3 is 4.84 Å². The summed E-state index contributed by atoms with van der Waals surface area (Å²) in [6.07, 6.45) is 0.746. The third-order valence-electron chi connectivity index (χ3n) is 3.83. The molecule has 21 heavy (non-hydrogen) atoms. The van der Waals surface area contributed by atoms with Gasteiger partial charge in [0, 0.05) is 6.42 Å². The van der Waals surface area contributed by atoms with Gasteiger partial charge in [-0.3, -0.25) is 0 Å². The first-order valence-electron chi connectivity index (χ1n) is 7.22. The predicted molar refractivity (Wildman–Crippen MR) is 87.0 cm³/mol. The van der Waals surface area contributed by atoms with Gasteiger partial charge in [-0.25, -0.2) is 0 Å². The molecule has 0 saturated carbocycles. The Kier molecular flexibility index (Phi) is 4.26. The van der Waals surface area contributed by atoms with Gasteiger partial charge in [0.05, 0.1) is 17.0 Å². The van der Waals surface area contributed by atoms with Crippen LogP contribution < -0.4 is 0 Å². The van der Waals surface area contributed by atoms with Crippen LogP contribution >= 0.6 is 11.6 Å². The van der Waals surface area contributed by atoms with Crippen molar-refractivity contribution >= 4 is 17.3 Å². The normalized spacial score (nSPS) is 19.2. The Morgan fingerprint density at radius 2 is 1.52 bits per heavy atom. The van der Waals surface area contributed by atoms with E-state index in [9.17, 15) is 0 Å². The molecular weight excluding hydrogens is 282 g/mol. The highest BCUT2D eigenvalue weighted by Crippen LogP contribution is 2.32. The van der Waals surface area contributed by atoms with Crippen LogP contribution in [0.5, 0.6) is 0 Å². The number of hydrogen-bond donors (Lipinski definition) is 0. The maximum absolute atomic E-state index is 6.15. The average Bonchev–Trinajstić information content (AvgIpc) is 3.00.